The Balaban J connectivity index is 1.83. The number of benzene rings is 1. The maximum Gasteiger partial charge on any atom is 0.328 e. The van der Waals surface area contributed by atoms with Crippen molar-refractivity contribution in [2.75, 3.05) is 0 Å². The Morgan fingerprint density at radius 3 is 2.71 bits per heavy atom. The number of H-pyrrole nitrogens is 1. The number of hydrogen-bond donors (Lipinski definition) is 1. The molecule has 0 unspecified atom stereocenters. The Bertz CT molecular complexity index is 987. The molecule has 0 amide bonds. The average molecular weight is 329 g/mol. The Morgan fingerprint density at radius 1 is 1.21 bits per heavy atom. The van der Waals surface area contributed by atoms with Crippen molar-refractivity contribution < 1.29 is 4.92 Å². The van der Waals surface area contributed by atoms with Crippen LogP contribution >= 0.6 is 0 Å². The lowest BCUT2D eigenvalue weighted by Crippen LogP contribution is -2.35. The van der Waals surface area contributed by atoms with Crippen LogP contribution in [0.3, 0.4) is 0 Å². The van der Waals surface area contributed by atoms with Gasteiger partial charge in [-0.25, -0.2) is 9.78 Å². The molecule has 9 nitrogen and oxygen atoms in total. The van der Waals surface area contributed by atoms with Crippen molar-refractivity contribution in [3.63, 3.8) is 0 Å². The van der Waals surface area contributed by atoms with Crippen molar-refractivity contribution in [3.8, 4) is 0 Å². The summed E-state index contributed by atoms with van der Waals surface area (Å²) in [4.78, 5) is 41.3. The highest BCUT2D eigenvalue weighted by Crippen LogP contribution is 2.15. The van der Waals surface area contributed by atoms with Gasteiger partial charge in [-0.05, 0) is 18.9 Å². The average Bonchev–Trinajstić information content (AvgIpc) is 3.07. The number of fused-ring (bicyclic) bond motifs is 1. The van der Waals surface area contributed by atoms with E-state index in [1.54, 1.807) is 12.5 Å². The number of nitrogens with zero attached hydrogens (tertiary/aromatic N) is 4. The second-order valence-electron chi connectivity index (χ2n) is 5.38. The van der Waals surface area contributed by atoms with E-state index in [1.807, 2.05) is 10.8 Å². The van der Waals surface area contributed by atoms with E-state index in [9.17, 15) is 19.7 Å². The number of non-ortho nitro benzene ring substituents is 1. The summed E-state index contributed by atoms with van der Waals surface area (Å²) in [6, 6.07) is 3.82. The van der Waals surface area contributed by atoms with Crippen LogP contribution in [0.25, 0.3) is 10.9 Å². The molecule has 2 aromatic heterocycles. The molecule has 0 aliphatic rings. The monoisotopic (exact) mass is 329 g/mol. The minimum Gasteiger partial charge on any atom is -0.337 e. The van der Waals surface area contributed by atoms with E-state index in [-0.39, 0.29) is 17.6 Å². The fraction of sp³-hybridized carbons (Fsp3) is 0.267. The van der Waals surface area contributed by atoms with Crippen LogP contribution in [0.1, 0.15) is 12.8 Å². The lowest BCUT2D eigenvalue weighted by Gasteiger charge is -2.07. The SMILES string of the molecule is O=c1[nH]c2ccc([N+](=O)[O-])cc2c(=O)n1CCCCn1ccnc1. The number of nitrogens with one attached hydrogen (secondary N) is 1. The normalized spacial score (nSPS) is 11.0. The molecular weight excluding hydrogens is 314 g/mol. The molecule has 0 bridgehead atoms. The van der Waals surface area contributed by atoms with Gasteiger partial charge in [0, 0.05) is 37.6 Å². The largest absolute Gasteiger partial charge is 0.337 e. The number of imidazole rings is 1. The first kappa shape index (κ1) is 15.7. The first-order valence-electron chi connectivity index (χ1n) is 7.43. The number of aromatic amines is 1. The van der Waals surface area contributed by atoms with Crippen LogP contribution in [0.2, 0.25) is 0 Å². The molecule has 0 atom stereocenters. The zero-order valence-corrected chi connectivity index (χ0v) is 12.7. The zero-order valence-electron chi connectivity index (χ0n) is 12.7. The molecule has 124 valence electrons. The molecule has 0 aliphatic heterocycles. The summed E-state index contributed by atoms with van der Waals surface area (Å²) in [5.41, 5.74) is -0.910. The molecule has 1 aromatic carbocycles. The summed E-state index contributed by atoms with van der Waals surface area (Å²) in [5, 5.41) is 11.0. The fourth-order valence-electron chi connectivity index (χ4n) is 2.54. The number of aromatic nitrogens is 4. The first-order chi connectivity index (χ1) is 11.6. The number of unbranched alkanes of at least 4 members (excludes halogenated alkanes) is 1. The number of nitro benzene ring substituents is 1. The second kappa shape index (κ2) is 6.49. The van der Waals surface area contributed by atoms with Crippen LogP contribution in [0.5, 0.6) is 0 Å². The molecule has 2 heterocycles. The van der Waals surface area contributed by atoms with Gasteiger partial charge in [0.25, 0.3) is 11.2 Å². The van der Waals surface area contributed by atoms with E-state index in [2.05, 4.69) is 9.97 Å². The molecule has 9 heteroatoms. The number of rotatable bonds is 6. The van der Waals surface area contributed by atoms with Crippen LogP contribution < -0.4 is 11.2 Å². The van der Waals surface area contributed by atoms with Crippen LogP contribution in [-0.2, 0) is 13.1 Å². The molecule has 3 rings (SSSR count). The van der Waals surface area contributed by atoms with Gasteiger partial charge in [0.1, 0.15) is 0 Å². The van der Waals surface area contributed by atoms with Crippen LogP contribution in [0.15, 0.2) is 46.5 Å². The molecule has 1 N–H and O–H groups in total. The smallest absolute Gasteiger partial charge is 0.328 e. The quantitative estimate of drug-likeness (QED) is 0.415. The molecule has 24 heavy (non-hydrogen) atoms. The van der Waals surface area contributed by atoms with E-state index < -0.39 is 16.2 Å². The molecule has 0 spiro atoms. The van der Waals surface area contributed by atoms with Crippen LogP contribution in [0, 0.1) is 10.1 Å². The number of hydrogen-bond acceptors (Lipinski definition) is 5. The van der Waals surface area contributed by atoms with Gasteiger partial charge in [-0.15, -0.1) is 0 Å². The van der Waals surface area contributed by atoms with Gasteiger partial charge < -0.3 is 9.55 Å². The van der Waals surface area contributed by atoms with Gasteiger partial charge in [-0.3, -0.25) is 19.5 Å². The summed E-state index contributed by atoms with van der Waals surface area (Å²) in [6.45, 7) is 0.993. The molecule has 0 fully saturated rings. The van der Waals surface area contributed by atoms with Crippen molar-refractivity contribution in [3.05, 3.63) is 67.9 Å². The predicted octanol–water partition coefficient (Wildman–Crippen LogP) is 1.27. The topological polar surface area (TPSA) is 116 Å². The summed E-state index contributed by atoms with van der Waals surface area (Å²) in [7, 11) is 0. The fourth-order valence-corrected chi connectivity index (χ4v) is 2.54. The first-order valence-corrected chi connectivity index (χ1v) is 7.43. The number of nitro groups is 1. The van der Waals surface area contributed by atoms with Crippen LogP contribution in [0.4, 0.5) is 5.69 Å². The summed E-state index contributed by atoms with van der Waals surface area (Å²) in [6.07, 6.45) is 6.63. The minimum absolute atomic E-state index is 0.137. The molecule has 0 saturated heterocycles. The Labute approximate surface area is 135 Å². The summed E-state index contributed by atoms with van der Waals surface area (Å²) < 4.78 is 3.00. The highest BCUT2D eigenvalue weighted by atomic mass is 16.6. The van der Waals surface area contributed by atoms with Gasteiger partial charge in [0.15, 0.2) is 0 Å². The molecule has 0 saturated carbocycles. The third kappa shape index (κ3) is 3.09. The molecule has 3 aromatic rings. The highest BCUT2D eigenvalue weighted by Gasteiger charge is 2.12. The van der Waals surface area contributed by atoms with E-state index in [1.165, 1.54) is 18.2 Å². The van der Waals surface area contributed by atoms with Crippen molar-refractivity contribution in [1.82, 2.24) is 19.1 Å². The lowest BCUT2D eigenvalue weighted by molar-refractivity contribution is -0.384. The van der Waals surface area contributed by atoms with Gasteiger partial charge in [0.2, 0.25) is 0 Å². The lowest BCUT2D eigenvalue weighted by atomic mass is 10.2. The Kier molecular flexibility index (Phi) is 4.23. The van der Waals surface area contributed by atoms with Gasteiger partial charge in [-0.2, -0.15) is 0 Å². The maximum absolute atomic E-state index is 12.5. The zero-order chi connectivity index (χ0) is 17.1. The summed E-state index contributed by atoms with van der Waals surface area (Å²) >= 11 is 0. The van der Waals surface area contributed by atoms with E-state index in [0.717, 1.165) is 17.5 Å². The van der Waals surface area contributed by atoms with Gasteiger partial charge in [0.05, 0.1) is 22.2 Å². The Morgan fingerprint density at radius 2 is 2.00 bits per heavy atom. The second-order valence-corrected chi connectivity index (χ2v) is 5.38. The third-order valence-electron chi connectivity index (χ3n) is 3.78. The van der Waals surface area contributed by atoms with Gasteiger partial charge in [-0.1, -0.05) is 0 Å². The molecule has 0 radical (unpaired) electrons. The van der Waals surface area contributed by atoms with E-state index >= 15 is 0 Å². The Hall–Kier alpha value is -3.23. The van der Waals surface area contributed by atoms with E-state index in [4.69, 9.17) is 0 Å². The van der Waals surface area contributed by atoms with Crippen molar-refractivity contribution >= 4 is 16.6 Å². The van der Waals surface area contributed by atoms with Gasteiger partial charge >= 0.3 is 5.69 Å². The van der Waals surface area contributed by atoms with Crippen molar-refractivity contribution in [2.24, 2.45) is 0 Å². The maximum atomic E-state index is 12.5. The van der Waals surface area contributed by atoms with Crippen LogP contribution in [-0.4, -0.2) is 24.0 Å². The predicted molar refractivity (Wildman–Crippen MR) is 86.9 cm³/mol. The van der Waals surface area contributed by atoms with Crippen molar-refractivity contribution in [2.45, 2.75) is 25.9 Å². The number of aryl methyl sites for hydroxylation is 1. The molecular formula is C15H15N5O4. The van der Waals surface area contributed by atoms with Crippen molar-refractivity contribution in [1.29, 1.82) is 0 Å². The third-order valence-corrected chi connectivity index (χ3v) is 3.78. The summed E-state index contributed by atoms with van der Waals surface area (Å²) in [5.74, 6) is 0. The standard InChI is InChI=1S/C15H15N5O4/c21-14-12-9-11(20(23)24)3-4-13(12)17-15(22)19(14)7-2-1-6-18-8-5-16-10-18/h3-5,8-10H,1-2,6-7H2,(H,17,22). The molecule has 0 aliphatic carbocycles. The van der Waals surface area contributed by atoms with E-state index in [0.29, 0.717) is 11.9 Å². The minimum atomic E-state index is -0.570. The highest BCUT2D eigenvalue weighted by molar-refractivity contribution is 5.79.